The second kappa shape index (κ2) is 5.47. The second-order valence-corrected chi connectivity index (χ2v) is 6.36. The number of aromatic nitrogens is 1. The van der Waals surface area contributed by atoms with Crippen LogP contribution in [0.2, 0.25) is 0 Å². The Morgan fingerprint density at radius 2 is 2.00 bits per heavy atom. The SMILES string of the molecule is O=C(O)c1ccc(S(=O)(=O)NCc2cncs2)cc1. The van der Waals surface area contributed by atoms with Crippen molar-refractivity contribution in [3.63, 3.8) is 0 Å². The molecule has 0 aliphatic heterocycles. The molecule has 0 amide bonds. The number of carbonyl (C=O) groups is 1. The van der Waals surface area contributed by atoms with E-state index in [1.165, 1.54) is 35.6 Å². The van der Waals surface area contributed by atoms with Crippen LogP contribution in [0.25, 0.3) is 0 Å². The number of thiazole rings is 1. The van der Waals surface area contributed by atoms with Crippen LogP contribution in [0.4, 0.5) is 0 Å². The number of hydrogen-bond acceptors (Lipinski definition) is 5. The van der Waals surface area contributed by atoms with Gasteiger partial charge in [-0.05, 0) is 24.3 Å². The van der Waals surface area contributed by atoms with E-state index in [1.807, 2.05) is 0 Å². The third-order valence-electron chi connectivity index (χ3n) is 2.33. The third-order valence-corrected chi connectivity index (χ3v) is 4.53. The molecule has 1 aromatic carbocycles. The largest absolute Gasteiger partial charge is 0.478 e. The van der Waals surface area contributed by atoms with Crippen LogP contribution >= 0.6 is 11.3 Å². The molecule has 8 heteroatoms. The van der Waals surface area contributed by atoms with Gasteiger partial charge in [-0.25, -0.2) is 17.9 Å². The third kappa shape index (κ3) is 3.37. The van der Waals surface area contributed by atoms with Gasteiger partial charge in [-0.3, -0.25) is 4.98 Å². The van der Waals surface area contributed by atoms with Crippen LogP contribution in [0, 0.1) is 0 Å². The van der Waals surface area contributed by atoms with E-state index in [9.17, 15) is 13.2 Å². The quantitative estimate of drug-likeness (QED) is 0.867. The second-order valence-electron chi connectivity index (χ2n) is 3.62. The van der Waals surface area contributed by atoms with Crippen molar-refractivity contribution < 1.29 is 18.3 Å². The normalized spacial score (nSPS) is 11.4. The fourth-order valence-corrected chi connectivity index (χ4v) is 2.99. The zero-order chi connectivity index (χ0) is 13.9. The fraction of sp³-hybridized carbons (Fsp3) is 0.0909. The number of hydrogen-bond donors (Lipinski definition) is 2. The van der Waals surface area contributed by atoms with Gasteiger partial charge in [-0.1, -0.05) is 0 Å². The van der Waals surface area contributed by atoms with Crippen LogP contribution in [0.3, 0.4) is 0 Å². The smallest absolute Gasteiger partial charge is 0.335 e. The van der Waals surface area contributed by atoms with Gasteiger partial charge in [-0.15, -0.1) is 11.3 Å². The van der Waals surface area contributed by atoms with Crippen molar-refractivity contribution in [3.8, 4) is 0 Å². The van der Waals surface area contributed by atoms with Crippen LogP contribution in [0.5, 0.6) is 0 Å². The minimum Gasteiger partial charge on any atom is -0.478 e. The lowest BCUT2D eigenvalue weighted by Gasteiger charge is -2.05. The summed E-state index contributed by atoms with van der Waals surface area (Å²) >= 11 is 1.35. The van der Waals surface area contributed by atoms with Gasteiger partial charge < -0.3 is 5.11 Å². The monoisotopic (exact) mass is 298 g/mol. The van der Waals surface area contributed by atoms with Crippen molar-refractivity contribution in [1.82, 2.24) is 9.71 Å². The molecule has 0 aliphatic carbocycles. The molecular formula is C11H10N2O4S2. The summed E-state index contributed by atoms with van der Waals surface area (Å²) in [6.45, 7) is 0.160. The number of carboxylic acids is 1. The van der Waals surface area contributed by atoms with E-state index >= 15 is 0 Å². The minimum atomic E-state index is -3.64. The van der Waals surface area contributed by atoms with E-state index < -0.39 is 16.0 Å². The van der Waals surface area contributed by atoms with E-state index in [0.29, 0.717) is 0 Å². The minimum absolute atomic E-state index is 0.0296. The van der Waals surface area contributed by atoms with Gasteiger partial charge in [0, 0.05) is 17.6 Å². The number of nitrogens with zero attached hydrogens (tertiary/aromatic N) is 1. The molecule has 19 heavy (non-hydrogen) atoms. The van der Waals surface area contributed by atoms with Gasteiger partial charge in [0.2, 0.25) is 10.0 Å². The van der Waals surface area contributed by atoms with Crippen molar-refractivity contribution in [2.75, 3.05) is 0 Å². The van der Waals surface area contributed by atoms with Crippen LogP contribution in [-0.4, -0.2) is 24.5 Å². The summed E-state index contributed by atoms with van der Waals surface area (Å²) in [5.41, 5.74) is 1.66. The lowest BCUT2D eigenvalue weighted by Crippen LogP contribution is -2.22. The summed E-state index contributed by atoms with van der Waals surface area (Å²) in [6, 6.07) is 5.03. The Balaban J connectivity index is 2.13. The molecule has 0 bridgehead atoms. The lowest BCUT2D eigenvalue weighted by molar-refractivity contribution is 0.0696. The highest BCUT2D eigenvalue weighted by Crippen LogP contribution is 2.12. The van der Waals surface area contributed by atoms with Crippen molar-refractivity contribution in [1.29, 1.82) is 0 Å². The van der Waals surface area contributed by atoms with E-state index in [0.717, 1.165) is 4.88 Å². The van der Waals surface area contributed by atoms with Crippen LogP contribution < -0.4 is 4.72 Å². The molecule has 0 saturated carbocycles. The number of sulfonamides is 1. The Labute approximate surface area is 113 Å². The molecule has 2 rings (SSSR count). The summed E-state index contributed by atoms with van der Waals surface area (Å²) in [6.07, 6.45) is 1.58. The molecule has 2 aromatic rings. The van der Waals surface area contributed by atoms with Gasteiger partial charge in [0.1, 0.15) is 0 Å². The predicted molar refractivity (Wildman–Crippen MR) is 69.5 cm³/mol. The molecule has 0 aliphatic rings. The van der Waals surface area contributed by atoms with E-state index in [1.54, 1.807) is 11.7 Å². The van der Waals surface area contributed by atoms with Gasteiger partial charge in [0.15, 0.2) is 0 Å². The Kier molecular flexibility index (Phi) is 3.93. The first kappa shape index (κ1) is 13.7. The van der Waals surface area contributed by atoms with Gasteiger partial charge >= 0.3 is 5.97 Å². The highest BCUT2D eigenvalue weighted by molar-refractivity contribution is 7.89. The number of carboxylic acid groups (broad SMARTS) is 1. The summed E-state index contributed by atoms with van der Waals surface area (Å²) in [7, 11) is -3.64. The first-order chi connectivity index (χ1) is 8.99. The summed E-state index contributed by atoms with van der Waals surface area (Å²) < 4.78 is 26.3. The molecule has 0 unspecified atom stereocenters. The number of benzene rings is 1. The number of aromatic carboxylic acids is 1. The molecule has 0 fully saturated rings. The average Bonchev–Trinajstić information content (AvgIpc) is 2.90. The first-order valence-corrected chi connectivity index (χ1v) is 7.56. The molecule has 6 nitrogen and oxygen atoms in total. The molecule has 1 aromatic heterocycles. The summed E-state index contributed by atoms with van der Waals surface area (Å²) in [5.74, 6) is -1.10. The van der Waals surface area contributed by atoms with Crippen LogP contribution in [0.15, 0.2) is 40.9 Å². The highest BCUT2D eigenvalue weighted by Gasteiger charge is 2.14. The maximum absolute atomic E-state index is 11.9. The molecule has 0 radical (unpaired) electrons. The maximum atomic E-state index is 11.9. The standard InChI is InChI=1S/C11H10N2O4S2/c14-11(15)8-1-3-10(4-2-8)19(16,17)13-6-9-5-12-7-18-9/h1-5,7,13H,6H2,(H,14,15). The molecule has 100 valence electrons. The molecule has 0 spiro atoms. The van der Waals surface area contributed by atoms with Crippen molar-refractivity contribution in [3.05, 3.63) is 46.4 Å². The first-order valence-electron chi connectivity index (χ1n) is 5.19. The molecule has 0 atom stereocenters. The Morgan fingerprint density at radius 3 is 2.53 bits per heavy atom. The maximum Gasteiger partial charge on any atom is 0.335 e. The van der Waals surface area contributed by atoms with E-state index in [2.05, 4.69) is 9.71 Å². The molecule has 1 heterocycles. The number of nitrogens with one attached hydrogen (secondary N) is 1. The van der Waals surface area contributed by atoms with Gasteiger partial charge in [-0.2, -0.15) is 0 Å². The van der Waals surface area contributed by atoms with Crippen molar-refractivity contribution >= 4 is 27.3 Å². The highest BCUT2D eigenvalue weighted by atomic mass is 32.2. The molecule has 0 saturated heterocycles. The lowest BCUT2D eigenvalue weighted by atomic mass is 10.2. The zero-order valence-electron chi connectivity index (χ0n) is 9.61. The summed E-state index contributed by atoms with van der Waals surface area (Å²) in [4.78, 5) is 15.3. The average molecular weight is 298 g/mol. The van der Waals surface area contributed by atoms with Crippen LogP contribution in [-0.2, 0) is 16.6 Å². The number of rotatable bonds is 5. The Bertz CT molecular complexity index is 663. The van der Waals surface area contributed by atoms with Gasteiger partial charge in [0.25, 0.3) is 0 Å². The zero-order valence-corrected chi connectivity index (χ0v) is 11.2. The predicted octanol–water partition coefficient (Wildman–Crippen LogP) is 1.32. The van der Waals surface area contributed by atoms with Crippen LogP contribution in [0.1, 0.15) is 15.2 Å². The van der Waals surface area contributed by atoms with Gasteiger partial charge in [0.05, 0.1) is 16.0 Å². The Hall–Kier alpha value is -1.77. The fourth-order valence-electron chi connectivity index (χ4n) is 1.36. The van der Waals surface area contributed by atoms with E-state index in [4.69, 9.17) is 5.11 Å². The van der Waals surface area contributed by atoms with Crippen molar-refractivity contribution in [2.45, 2.75) is 11.4 Å². The molecule has 2 N–H and O–H groups in total. The van der Waals surface area contributed by atoms with E-state index in [-0.39, 0.29) is 17.0 Å². The van der Waals surface area contributed by atoms with Crippen molar-refractivity contribution in [2.24, 2.45) is 0 Å². The molecular weight excluding hydrogens is 288 g/mol. The summed E-state index contributed by atoms with van der Waals surface area (Å²) in [5, 5.41) is 8.74. The Morgan fingerprint density at radius 1 is 1.32 bits per heavy atom. The topological polar surface area (TPSA) is 96.4 Å².